The topological polar surface area (TPSA) is 49.4 Å². The lowest BCUT2D eigenvalue weighted by atomic mass is 10.2. The Labute approximate surface area is 161 Å². The average Bonchev–Trinajstić information content (AvgIpc) is 2.58. The molecular formula is C19H21BrN2O2S. The van der Waals surface area contributed by atoms with E-state index in [0.29, 0.717) is 11.4 Å². The van der Waals surface area contributed by atoms with Crippen molar-refractivity contribution in [3.05, 3.63) is 64.1 Å². The molecule has 2 amide bonds. The number of anilines is 1. The third-order valence-electron chi connectivity index (χ3n) is 3.57. The number of hydrogen-bond acceptors (Lipinski definition) is 3. The van der Waals surface area contributed by atoms with Crippen LogP contribution in [0, 0.1) is 6.92 Å². The largest absolute Gasteiger partial charge is 0.336 e. The summed E-state index contributed by atoms with van der Waals surface area (Å²) >= 11 is 4.93. The number of rotatable bonds is 7. The number of para-hydroxylation sites is 1. The fourth-order valence-corrected chi connectivity index (χ4v) is 3.42. The number of carbonyl (C=O) groups is 2. The van der Waals surface area contributed by atoms with E-state index in [1.54, 1.807) is 24.9 Å². The van der Waals surface area contributed by atoms with Crippen LogP contribution in [0.1, 0.15) is 11.1 Å². The van der Waals surface area contributed by atoms with Crippen LogP contribution in [0.4, 0.5) is 5.69 Å². The zero-order chi connectivity index (χ0) is 18.2. The molecule has 0 aliphatic rings. The Balaban J connectivity index is 1.74. The maximum absolute atomic E-state index is 12.2. The molecular weight excluding hydrogens is 400 g/mol. The van der Waals surface area contributed by atoms with Crippen molar-refractivity contribution in [2.45, 2.75) is 12.7 Å². The molecule has 0 saturated heterocycles. The Morgan fingerprint density at radius 3 is 2.48 bits per heavy atom. The van der Waals surface area contributed by atoms with Gasteiger partial charge in [0.1, 0.15) is 0 Å². The van der Waals surface area contributed by atoms with E-state index in [9.17, 15) is 9.59 Å². The predicted molar refractivity (Wildman–Crippen MR) is 108 cm³/mol. The van der Waals surface area contributed by atoms with E-state index in [1.807, 2.05) is 18.2 Å². The van der Waals surface area contributed by atoms with Gasteiger partial charge in [0, 0.05) is 17.3 Å². The minimum Gasteiger partial charge on any atom is -0.336 e. The molecule has 2 aromatic rings. The molecule has 6 heteroatoms. The Morgan fingerprint density at radius 1 is 1.12 bits per heavy atom. The minimum atomic E-state index is -0.216. The average molecular weight is 421 g/mol. The molecule has 0 radical (unpaired) electrons. The highest BCUT2D eigenvalue weighted by atomic mass is 79.9. The first-order chi connectivity index (χ1) is 12.0. The molecule has 4 nitrogen and oxygen atoms in total. The van der Waals surface area contributed by atoms with E-state index < -0.39 is 0 Å². The summed E-state index contributed by atoms with van der Waals surface area (Å²) in [5.74, 6) is 0.862. The number of nitrogens with one attached hydrogen (secondary N) is 1. The highest BCUT2D eigenvalue weighted by molar-refractivity contribution is 9.10. The van der Waals surface area contributed by atoms with Gasteiger partial charge in [-0.05, 0) is 40.5 Å². The van der Waals surface area contributed by atoms with Crippen LogP contribution in [-0.2, 0) is 15.3 Å². The van der Waals surface area contributed by atoms with Gasteiger partial charge < -0.3 is 10.2 Å². The van der Waals surface area contributed by atoms with Gasteiger partial charge in [0.05, 0.1) is 18.0 Å². The summed E-state index contributed by atoms with van der Waals surface area (Å²) in [7, 11) is 1.65. The second-order valence-corrected chi connectivity index (χ2v) is 7.60. The van der Waals surface area contributed by atoms with Gasteiger partial charge in [-0.15, -0.1) is 11.8 Å². The standard InChI is InChI=1S/C19H21BrN2O2S/c1-14-7-9-15(10-8-14)12-25-13-19(24)22(2)11-18(23)21-17-6-4-3-5-16(17)20/h3-10H,11-13H2,1-2H3,(H,21,23). The highest BCUT2D eigenvalue weighted by Gasteiger charge is 2.13. The number of nitrogens with zero attached hydrogens (tertiary/aromatic N) is 1. The van der Waals surface area contributed by atoms with Crippen LogP contribution in [0.5, 0.6) is 0 Å². The monoisotopic (exact) mass is 420 g/mol. The highest BCUT2D eigenvalue weighted by Crippen LogP contribution is 2.21. The van der Waals surface area contributed by atoms with Gasteiger partial charge in [-0.25, -0.2) is 0 Å². The Bertz CT molecular complexity index is 734. The second-order valence-electron chi connectivity index (χ2n) is 5.76. The molecule has 0 aliphatic heterocycles. The van der Waals surface area contributed by atoms with Gasteiger partial charge >= 0.3 is 0 Å². The molecule has 0 atom stereocenters. The SMILES string of the molecule is Cc1ccc(CSCC(=O)N(C)CC(=O)Nc2ccccc2Br)cc1. The maximum atomic E-state index is 12.2. The van der Waals surface area contributed by atoms with Gasteiger partial charge in [0.25, 0.3) is 0 Å². The van der Waals surface area contributed by atoms with Gasteiger partial charge in [-0.3, -0.25) is 9.59 Å². The number of hydrogen-bond donors (Lipinski definition) is 1. The Kier molecular flexibility index (Phi) is 7.52. The van der Waals surface area contributed by atoms with E-state index in [0.717, 1.165) is 10.2 Å². The lowest BCUT2D eigenvalue weighted by Gasteiger charge is -2.17. The molecule has 0 spiro atoms. The summed E-state index contributed by atoms with van der Waals surface area (Å²) in [4.78, 5) is 25.7. The number of amides is 2. The molecule has 0 heterocycles. The van der Waals surface area contributed by atoms with Gasteiger partial charge in [0.2, 0.25) is 11.8 Å². The smallest absolute Gasteiger partial charge is 0.244 e. The van der Waals surface area contributed by atoms with E-state index in [4.69, 9.17) is 0 Å². The van der Waals surface area contributed by atoms with Crippen molar-refractivity contribution in [3.8, 4) is 0 Å². The molecule has 0 bridgehead atoms. The molecule has 0 saturated carbocycles. The summed E-state index contributed by atoms with van der Waals surface area (Å²) < 4.78 is 0.811. The van der Waals surface area contributed by atoms with Crippen molar-refractivity contribution in [1.29, 1.82) is 0 Å². The van der Waals surface area contributed by atoms with Gasteiger partial charge in [-0.2, -0.15) is 0 Å². The maximum Gasteiger partial charge on any atom is 0.244 e. The molecule has 0 aromatic heterocycles. The third-order valence-corrected chi connectivity index (χ3v) is 5.25. The van der Waals surface area contributed by atoms with Gasteiger partial charge in [0.15, 0.2) is 0 Å². The number of likely N-dealkylation sites (N-methyl/N-ethyl adjacent to an activating group) is 1. The number of thioether (sulfide) groups is 1. The van der Waals surface area contributed by atoms with E-state index in [1.165, 1.54) is 16.0 Å². The zero-order valence-corrected chi connectivity index (χ0v) is 16.7. The van der Waals surface area contributed by atoms with Crippen molar-refractivity contribution in [1.82, 2.24) is 4.90 Å². The first-order valence-corrected chi connectivity index (χ1v) is 9.82. The van der Waals surface area contributed by atoms with Crippen molar-refractivity contribution in [3.63, 3.8) is 0 Å². The van der Waals surface area contributed by atoms with Crippen LogP contribution < -0.4 is 5.32 Å². The number of carbonyl (C=O) groups excluding carboxylic acids is 2. The van der Waals surface area contributed by atoms with E-state index in [-0.39, 0.29) is 18.4 Å². The van der Waals surface area contributed by atoms with Crippen molar-refractivity contribution in [2.75, 3.05) is 24.7 Å². The number of aryl methyl sites for hydroxylation is 1. The summed E-state index contributed by atoms with van der Waals surface area (Å²) in [6, 6.07) is 15.7. The molecule has 0 fully saturated rings. The molecule has 0 unspecified atom stereocenters. The lowest BCUT2D eigenvalue weighted by molar-refractivity contribution is -0.131. The molecule has 132 valence electrons. The number of benzene rings is 2. The predicted octanol–water partition coefficient (Wildman–Crippen LogP) is 4.09. The third kappa shape index (κ3) is 6.55. The molecule has 25 heavy (non-hydrogen) atoms. The minimum absolute atomic E-state index is 0.0330. The molecule has 2 aromatic carbocycles. The fourth-order valence-electron chi connectivity index (χ4n) is 2.11. The Hall–Kier alpha value is -1.79. The summed E-state index contributed by atoms with van der Waals surface area (Å²) in [6.45, 7) is 2.08. The van der Waals surface area contributed by atoms with Gasteiger partial charge in [-0.1, -0.05) is 42.0 Å². The van der Waals surface area contributed by atoms with Crippen LogP contribution in [-0.4, -0.2) is 36.1 Å². The summed E-state index contributed by atoms with van der Waals surface area (Å²) in [6.07, 6.45) is 0. The normalized spacial score (nSPS) is 10.4. The first-order valence-electron chi connectivity index (χ1n) is 7.87. The second kappa shape index (κ2) is 9.63. The molecule has 0 aliphatic carbocycles. The summed E-state index contributed by atoms with van der Waals surface area (Å²) in [5.41, 5.74) is 3.11. The van der Waals surface area contributed by atoms with Crippen LogP contribution in [0.25, 0.3) is 0 Å². The van der Waals surface area contributed by atoms with Crippen molar-refractivity contribution < 1.29 is 9.59 Å². The quantitative estimate of drug-likeness (QED) is 0.733. The van der Waals surface area contributed by atoms with Crippen molar-refractivity contribution >= 4 is 45.2 Å². The van der Waals surface area contributed by atoms with Crippen LogP contribution >= 0.6 is 27.7 Å². The van der Waals surface area contributed by atoms with E-state index in [2.05, 4.69) is 52.4 Å². The lowest BCUT2D eigenvalue weighted by Crippen LogP contribution is -2.36. The fraction of sp³-hybridized carbons (Fsp3) is 0.263. The Morgan fingerprint density at radius 2 is 1.80 bits per heavy atom. The van der Waals surface area contributed by atoms with E-state index >= 15 is 0 Å². The molecule has 1 N–H and O–H groups in total. The molecule has 2 rings (SSSR count). The number of halogens is 1. The zero-order valence-electron chi connectivity index (χ0n) is 14.3. The van der Waals surface area contributed by atoms with Crippen LogP contribution in [0.15, 0.2) is 53.0 Å². The summed E-state index contributed by atoms with van der Waals surface area (Å²) in [5, 5.41) is 2.80. The first kappa shape index (κ1) is 19.5. The van der Waals surface area contributed by atoms with Crippen LogP contribution in [0.2, 0.25) is 0 Å². The van der Waals surface area contributed by atoms with Crippen molar-refractivity contribution in [2.24, 2.45) is 0 Å². The van der Waals surface area contributed by atoms with Crippen LogP contribution in [0.3, 0.4) is 0 Å².